The molecule has 0 aliphatic heterocycles. The zero-order valence-electron chi connectivity index (χ0n) is 19.4. The minimum Gasteiger partial charge on any atom is -0.481 e. The molecule has 5 nitrogen and oxygen atoms in total. The van der Waals surface area contributed by atoms with Gasteiger partial charge in [0, 0.05) is 16.3 Å². The topological polar surface area (TPSA) is 64.4 Å². The van der Waals surface area contributed by atoms with Crippen LogP contribution in [-0.4, -0.2) is 17.5 Å². The molecule has 0 spiro atoms. The lowest BCUT2D eigenvalue weighted by Gasteiger charge is -2.16. The van der Waals surface area contributed by atoms with Crippen LogP contribution in [0.5, 0.6) is 5.75 Å². The molecule has 0 radical (unpaired) electrons. The van der Waals surface area contributed by atoms with Crippen LogP contribution in [0.2, 0.25) is 15.1 Å². The summed E-state index contributed by atoms with van der Waals surface area (Å²) in [4.78, 5) is 17.3. The van der Waals surface area contributed by atoms with Gasteiger partial charge in [-0.1, -0.05) is 46.9 Å². The number of amides is 1. The first-order chi connectivity index (χ1) is 16.1. The maximum Gasteiger partial charge on any atom is 0.262 e. The van der Waals surface area contributed by atoms with Crippen LogP contribution in [0.25, 0.3) is 22.6 Å². The molecule has 0 bridgehead atoms. The fraction of sp³-hybridized carbons (Fsp3) is 0.231. The highest BCUT2D eigenvalue weighted by molar-refractivity contribution is 6.42. The summed E-state index contributed by atoms with van der Waals surface area (Å²) < 4.78 is 11.7. The van der Waals surface area contributed by atoms with Crippen LogP contribution in [-0.2, 0) is 4.79 Å². The van der Waals surface area contributed by atoms with Crippen molar-refractivity contribution in [1.29, 1.82) is 0 Å². The predicted molar refractivity (Wildman–Crippen MR) is 139 cm³/mol. The van der Waals surface area contributed by atoms with Gasteiger partial charge in [-0.3, -0.25) is 4.79 Å². The fourth-order valence-electron chi connectivity index (χ4n) is 3.86. The van der Waals surface area contributed by atoms with Crippen molar-refractivity contribution in [3.8, 4) is 17.2 Å². The maximum atomic E-state index is 12.7. The standard InChI is InChI=1S/C26H23Cl3N2O3/c1-12-9-13(2)24-19(10-12)31-26(34-24)17-7-6-8-18(14(17)3)30-20(32)11-33-25-22(28)15(4)21(27)16(5)23(25)29/h6-10H,11H2,1-5H3,(H,30,32). The number of nitrogens with one attached hydrogen (secondary N) is 1. The van der Waals surface area contributed by atoms with Gasteiger partial charge in [-0.2, -0.15) is 0 Å². The monoisotopic (exact) mass is 516 g/mol. The second-order valence-corrected chi connectivity index (χ2v) is 9.42. The number of benzene rings is 3. The Morgan fingerprint density at radius 3 is 2.32 bits per heavy atom. The van der Waals surface area contributed by atoms with Crippen LogP contribution >= 0.6 is 34.8 Å². The summed E-state index contributed by atoms with van der Waals surface area (Å²) in [6.07, 6.45) is 0. The SMILES string of the molecule is Cc1cc(C)c2oc(-c3cccc(NC(=O)COc4c(Cl)c(C)c(Cl)c(C)c4Cl)c3C)nc2c1. The number of nitrogens with zero attached hydrogens (tertiary/aromatic N) is 1. The molecule has 0 saturated heterocycles. The lowest BCUT2D eigenvalue weighted by atomic mass is 10.1. The molecule has 3 aromatic carbocycles. The lowest BCUT2D eigenvalue weighted by Crippen LogP contribution is -2.21. The van der Waals surface area contributed by atoms with E-state index in [2.05, 4.69) is 16.4 Å². The molecule has 0 aliphatic rings. The number of carbonyl (C=O) groups is 1. The molecular formula is C26H23Cl3N2O3. The molecule has 0 fully saturated rings. The number of halogens is 3. The second-order valence-electron chi connectivity index (χ2n) is 8.29. The Kier molecular flexibility index (Phi) is 6.81. The van der Waals surface area contributed by atoms with E-state index in [-0.39, 0.29) is 28.3 Å². The summed E-state index contributed by atoms with van der Waals surface area (Å²) in [7, 11) is 0. The van der Waals surface area contributed by atoms with Gasteiger partial charge in [0.05, 0.1) is 10.0 Å². The number of hydrogen-bond acceptors (Lipinski definition) is 4. The average Bonchev–Trinajstić information content (AvgIpc) is 3.22. The molecule has 4 aromatic rings. The summed E-state index contributed by atoms with van der Waals surface area (Å²) in [5, 5.41) is 3.93. The Labute approximate surface area is 213 Å². The number of fused-ring (bicyclic) bond motifs is 1. The van der Waals surface area contributed by atoms with Crippen LogP contribution in [0.1, 0.15) is 27.8 Å². The third-order valence-electron chi connectivity index (χ3n) is 5.72. The summed E-state index contributed by atoms with van der Waals surface area (Å²) in [5.74, 6) is 0.376. The third-order valence-corrected chi connectivity index (χ3v) is 7.20. The van der Waals surface area contributed by atoms with Gasteiger partial charge in [0.2, 0.25) is 5.89 Å². The van der Waals surface area contributed by atoms with Gasteiger partial charge in [-0.05, 0) is 80.6 Å². The lowest BCUT2D eigenvalue weighted by molar-refractivity contribution is -0.118. The van der Waals surface area contributed by atoms with Crippen LogP contribution in [0, 0.1) is 34.6 Å². The smallest absolute Gasteiger partial charge is 0.262 e. The first kappa shape index (κ1) is 24.4. The number of aryl methyl sites for hydroxylation is 2. The Hall–Kier alpha value is -2.73. The molecule has 1 amide bonds. The van der Waals surface area contributed by atoms with Gasteiger partial charge in [0.25, 0.3) is 5.91 Å². The molecular weight excluding hydrogens is 495 g/mol. The number of oxazole rings is 1. The molecule has 1 N–H and O–H groups in total. The van der Waals surface area contributed by atoms with Gasteiger partial charge >= 0.3 is 0 Å². The van der Waals surface area contributed by atoms with E-state index >= 15 is 0 Å². The second kappa shape index (κ2) is 9.49. The molecule has 4 rings (SSSR count). The van der Waals surface area contributed by atoms with Crippen molar-refractivity contribution in [2.45, 2.75) is 34.6 Å². The Morgan fingerprint density at radius 1 is 0.971 bits per heavy atom. The van der Waals surface area contributed by atoms with Crippen LogP contribution < -0.4 is 10.1 Å². The third kappa shape index (κ3) is 4.48. The summed E-state index contributed by atoms with van der Waals surface area (Å²) in [6.45, 7) is 9.19. The van der Waals surface area contributed by atoms with E-state index in [1.165, 1.54) is 0 Å². The number of aromatic nitrogens is 1. The van der Waals surface area contributed by atoms with Crippen molar-refractivity contribution < 1.29 is 13.9 Å². The predicted octanol–water partition coefficient (Wildman–Crippen LogP) is 8.01. The molecule has 0 unspecified atom stereocenters. The maximum absolute atomic E-state index is 12.7. The van der Waals surface area contributed by atoms with E-state index in [0.29, 0.717) is 27.7 Å². The molecule has 0 saturated carbocycles. The highest BCUT2D eigenvalue weighted by atomic mass is 35.5. The highest BCUT2D eigenvalue weighted by Crippen LogP contribution is 2.42. The average molecular weight is 518 g/mol. The van der Waals surface area contributed by atoms with Crippen molar-refractivity contribution >= 4 is 57.5 Å². The van der Waals surface area contributed by atoms with Crippen LogP contribution in [0.3, 0.4) is 0 Å². The minimum atomic E-state index is -0.360. The van der Waals surface area contributed by atoms with Gasteiger partial charge in [0.15, 0.2) is 17.9 Å². The number of carbonyl (C=O) groups excluding carboxylic acids is 1. The first-order valence-electron chi connectivity index (χ1n) is 10.6. The van der Waals surface area contributed by atoms with Crippen molar-refractivity contribution in [2.24, 2.45) is 0 Å². The Balaban J connectivity index is 1.56. The van der Waals surface area contributed by atoms with Gasteiger partial charge in [-0.15, -0.1) is 0 Å². The van der Waals surface area contributed by atoms with E-state index in [1.54, 1.807) is 13.8 Å². The van der Waals surface area contributed by atoms with E-state index in [0.717, 1.165) is 33.4 Å². The molecule has 8 heteroatoms. The summed E-state index contributed by atoms with van der Waals surface area (Å²) in [6, 6.07) is 9.61. The number of ether oxygens (including phenoxy) is 1. The fourth-order valence-corrected chi connectivity index (χ4v) is 4.68. The Bertz CT molecular complexity index is 1410. The normalized spacial score (nSPS) is 11.2. The minimum absolute atomic E-state index is 0.237. The first-order valence-corrected chi connectivity index (χ1v) is 11.8. The van der Waals surface area contributed by atoms with Crippen molar-refractivity contribution in [1.82, 2.24) is 4.98 Å². The van der Waals surface area contributed by atoms with Crippen molar-refractivity contribution in [3.63, 3.8) is 0 Å². The van der Waals surface area contributed by atoms with Crippen LogP contribution in [0.15, 0.2) is 34.7 Å². The van der Waals surface area contributed by atoms with Crippen molar-refractivity contribution in [2.75, 3.05) is 11.9 Å². The summed E-state index contributed by atoms with van der Waals surface area (Å²) >= 11 is 18.9. The highest BCUT2D eigenvalue weighted by Gasteiger charge is 2.20. The van der Waals surface area contributed by atoms with E-state index in [4.69, 9.17) is 44.0 Å². The van der Waals surface area contributed by atoms with E-state index in [9.17, 15) is 4.79 Å². The van der Waals surface area contributed by atoms with E-state index in [1.807, 2.05) is 45.0 Å². The molecule has 176 valence electrons. The quantitative estimate of drug-likeness (QED) is 0.291. The van der Waals surface area contributed by atoms with Crippen LogP contribution in [0.4, 0.5) is 5.69 Å². The number of hydrogen-bond donors (Lipinski definition) is 1. The largest absolute Gasteiger partial charge is 0.481 e. The zero-order valence-corrected chi connectivity index (χ0v) is 21.7. The molecule has 1 heterocycles. The Morgan fingerprint density at radius 2 is 1.65 bits per heavy atom. The van der Waals surface area contributed by atoms with E-state index < -0.39 is 0 Å². The van der Waals surface area contributed by atoms with Gasteiger partial charge < -0.3 is 14.5 Å². The summed E-state index contributed by atoms with van der Waals surface area (Å²) in [5.41, 5.74) is 7.24. The number of rotatable bonds is 5. The molecule has 0 aliphatic carbocycles. The van der Waals surface area contributed by atoms with Crippen molar-refractivity contribution in [3.05, 3.63) is 73.2 Å². The van der Waals surface area contributed by atoms with Gasteiger partial charge in [-0.25, -0.2) is 4.98 Å². The number of anilines is 1. The molecule has 1 aromatic heterocycles. The molecule has 34 heavy (non-hydrogen) atoms. The van der Waals surface area contributed by atoms with Gasteiger partial charge in [0.1, 0.15) is 5.52 Å². The molecule has 0 atom stereocenters. The zero-order chi connectivity index (χ0) is 24.7.